The number of pyridine rings is 2. The van der Waals surface area contributed by atoms with E-state index in [2.05, 4.69) is 133 Å². The predicted molar refractivity (Wildman–Crippen MR) is 198 cm³/mol. The summed E-state index contributed by atoms with van der Waals surface area (Å²) < 4.78 is 2.05. The highest BCUT2D eigenvalue weighted by molar-refractivity contribution is 6.09. The summed E-state index contributed by atoms with van der Waals surface area (Å²) in [5, 5.41) is 6.72. The third kappa shape index (κ3) is 4.61. The van der Waals surface area contributed by atoms with E-state index in [-0.39, 0.29) is 0 Å². The highest BCUT2D eigenvalue weighted by Crippen LogP contribution is 2.35. The molecule has 49 heavy (non-hydrogen) atoms. The topological polar surface area (TPSA) is 68.9 Å². The van der Waals surface area contributed by atoms with Gasteiger partial charge in [0, 0.05) is 39.2 Å². The summed E-state index contributed by atoms with van der Waals surface area (Å²) in [5.41, 5.74) is 7.20. The second kappa shape index (κ2) is 10.9. The van der Waals surface area contributed by atoms with Crippen molar-refractivity contribution in [3.8, 4) is 45.4 Å². The minimum absolute atomic E-state index is 0.600. The first-order valence-electron chi connectivity index (χ1n) is 16.3. The lowest BCUT2D eigenvalue weighted by atomic mass is 10.0. The van der Waals surface area contributed by atoms with E-state index in [1.165, 1.54) is 10.8 Å². The number of hydrogen-bond donors (Lipinski definition) is 0. The molecule has 0 spiro atoms. The number of rotatable bonds is 4. The van der Waals surface area contributed by atoms with Gasteiger partial charge in [0.2, 0.25) is 0 Å². The maximum absolute atomic E-state index is 5.23. The molecule has 0 aliphatic rings. The fraction of sp³-hybridized carbons (Fsp3) is 0. The zero-order chi connectivity index (χ0) is 32.3. The average molecular weight is 627 g/mol. The maximum atomic E-state index is 5.23. The Hall–Kier alpha value is -6.79. The molecule has 0 aliphatic carbocycles. The standard InChI is InChI=1S/C43H26N6/c1-3-12-29-24-33(21-19-27(29)10-1)41-46-40(47-42(48-41)34-22-20-28-11-2-4-13-30(28)25-34)32-15-9-14-31(26-32)38-35-16-5-6-17-36(35)39-43(45-38)49-23-8-7-18-37(49)44-39/h1-26H. The Labute approximate surface area is 281 Å². The van der Waals surface area contributed by atoms with Crippen molar-refractivity contribution < 1.29 is 0 Å². The van der Waals surface area contributed by atoms with Crippen LogP contribution in [0.15, 0.2) is 158 Å². The summed E-state index contributed by atoms with van der Waals surface area (Å²) >= 11 is 0. The van der Waals surface area contributed by atoms with Crippen LogP contribution in [0.2, 0.25) is 0 Å². The first-order chi connectivity index (χ1) is 24.2. The van der Waals surface area contributed by atoms with Crippen molar-refractivity contribution in [3.05, 3.63) is 158 Å². The smallest absolute Gasteiger partial charge is 0.165 e. The Bertz CT molecular complexity index is 2810. The van der Waals surface area contributed by atoms with Crippen LogP contribution >= 0.6 is 0 Å². The van der Waals surface area contributed by atoms with E-state index in [0.717, 1.165) is 66.3 Å². The molecule has 0 N–H and O–H groups in total. The Morgan fingerprint density at radius 3 is 1.59 bits per heavy atom. The molecule has 6 nitrogen and oxygen atoms in total. The molecule has 228 valence electrons. The van der Waals surface area contributed by atoms with Gasteiger partial charge < -0.3 is 0 Å². The molecule has 6 heteroatoms. The summed E-state index contributed by atoms with van der Waals surface area (Å²) in [7, 11) is 0. The van der Waals surface area contributed by atoms with E-state index in [1.807, 2.05) is 28.8 Å². The highest BCUT2D eigenvalue weighted by Gasteiger charge is 2.17. The van der Waals surface area contributed by atoms with Crippen molar-refractivity contribution in [1.82, 2.24) is 29.3 Å². The molecule has 0 bridgehead atoms. The van der Waals surface area contributed by atoms with Crippen molar-refractivity contribution in [2.45, 2.75) is 0 Å². The zero-order valence-corrected chi connectivity index (χ0v) is 26.2. The lowest BCUT2D eigenvalue weighted by molar-refractivity contribution is 1.07. The van der Waals surface area contributed by atoms with Crippen molar-refractivity contribution in [2.75, 3.05) is 0 Å². The normalized spacial score (nSPS) is 11.7. The molecule has 10 aromatic rings. The number of benzene rings is 6. The van der Waals surface area contributed by atoms with E-state index in [0.29, 0.717) is 17.5 Å². The summed E-state index contributed by atoms with van der Waals surface area (Å²) in [5.74, 6) is 1.85. The van der Waals surface area contributed by atoms with E-state index < -0.39 is 0 Å². The molecular weight excluding hydrogens is 601 g/mol. The molecule has 10 rings (SSSR count). The quantitative estimate of drug-likeness (QED) is 0.194. The van der Waals surface area contributed by atoms with E-state index >= 15 is 0 Å². The van der Waals surface area contributed by atoms with Crippen LogP contribution in [0.25, 0.3) is 94.5 Å². The minimum Gasteiger partial charge on any atom is -0.284 e. The number of hydrogen-bond acceptors (Lipinski definition) is 5. The molecule has 0 aliphatic heterocycles. The largest absolute Gasteiger partial charge is 0.284 e. The zero-order valence-electron chi connectivity index (χ0n) is 26.2. The fourth-order valence-electron chi connectivity index (χ4n) is 6.78. The summed E-state index contributed by atoms with van der Waals surface area (Å²) in [6.45, 7) is 0. The van der Waals surface area contributed by atoms with Gasteiger partial charge in [-0.3, -0.25) is 4.40 Å². The molecule has 0 radical (unpaired) electrons. The monoisotopic (exact) mass is 626 g/mol. The van der Waals surface area contributed by atoms with Gasteiger partial charge in [0.25, 0.3) is 0 Å². The Kier molecular flexibility index (Phi) is 6.08. The Balaban J connectivity index is 1.18. The SMILES string of the molecule is c1cc(-c2nc(-c3ccc4ccccc4c3)nc(-c3ccc4ccccc4c3)n2)cc(-c2nc3c(nc4ccccn43)c3ccccc23)c1. The van der Waals surface area contributed by atoms with Crippen LogP contribution in [0, 0.1) is 0 Å². The first kappa shape index (κ1) is 27.3. The van der Waals surface area contributed by atoms with Crippen LogP contribution in [0.4, 0.5) is 0 Å². The summed E-state index contributed by atoms with van der Waals surface area (Å²) in [6.07, 6.45) is 2.01. The molecule has 4 aromatic heterocycles. The number of nitrogens with zero attached hydrogens (tertiary/aromatic N) is 6. The first-order valence-corrected chi connectivity index (χ1v) is 16.3. The van der Waals surface area contributed by atoms with Crippen molar-refractivity contribution in [1.29, 1.82) is 0 Å². The second-order valence-electron chi connectivity index (χ2n) is 12.2. The van der Waals surface area contributed by atoms with Crippen LogP contribution in [0.1, 0.15) is 0 Å². The van der Waals surface area contributed by atoms with Gasteiger partial charge in [-0.05, 0) is 51.9 Å². The molecule has 0 amide bonds. The number of imidazole rings is 1. The van der Waals surface area contributed by atoms with Gasteiger partial charge in [0.15, 0.2) is 23.1 Å². The van der Waals surface area contributed by atoms with Gasteiger partial charge in [0.05, 0.1) is 5.69 Å². The van der Waals surface area contributed by atoms with Gasteiger partial charge in [-0.1, -0.05) is 121 Å². The predicted octanol–water partition coefficient (Wildman–Crippen LogP) is 10.2. The van der Waals surface area contributed by atoms with E-state index in [9.17, 15) is 0 Å². The molecule has 0 atom stereocenters. The van der Waals surface area contributed by atoms with Gasteiger partial charge in [-0.15, -0.1) is 0 Å². The molecule has 0 saturated heterocycles. The lowest BCUT2D eigenvalue weighted by Crippen LogP contribution is -2.00. The third-order valence-electron chi connectivity index (χ3n) is 9.20. The number of aromatic nitrogens is 6. The molecule has 0 fully saturated rings. The summed E-state index contributed by atoms with van der Waals surface area (Å²) in [4.78, 5) is 25.4. The molecule has 4 heterocycles. The van der Waals surface area contributed by atoms with Crippen molar-refractivity contribution in [3.63, 3.8) is 0 Å². The van der Waals surface area contributed by atoms with Crippen LogP contribution in [0.5, 0.6) is 0 Å². The van der Waals surface area contributed by atoms with Gasteiger partial charge in [-0.2, -0.15) is 0 Å². The summed E-state index contributed by atoms with van der Waals surface area (Å²) in [6, 6.07) is 52.1. The fourth-order valence-corrected chi connectivity index (χ4v) is 6.78. The van der Waals surface area contributed by atoms with Crippen LogP contribution < -0.4 is 0 Å². The molecule has 0 saturated carbocycles. The van der Waals surface area contributed by atoms with Crippen LogP contribution in [0.3, 0.4) is 0 Å². The van der Waals surface area contributed by atoms with Gasteiger partial charge in [-0.25, -0.2) is 24.9 Å². The Morgan fingerprint density at radius 2 is 0.918 bits per heavy atom. The Morgan fingerprint density at radius 1 is 0.367 bits per heavy atom. The highest BCUT2D eigenvalue weighted by atomic mass is 15.1. The third-order valence-corrected chi connectivity index (χ3v) is 9.20. The van der Waals surface area contributed by atoms with E-state index in [1.54, 1.807) is 0 Å². The van der Waals surface area contributed by atoms with E-state index in [4.69, 9.17) is 24.9 Å². The van der Waals surface area contributed by atoms with Gasteiger partial charge in [0.1, 0.15) is 11.2 Å². The molecule has 0 unspecified atom stereocenters. The van der Waals surface area contributed by atoms with Gasteiger partial charge >= 0.3 is 0 Å². The number of fused-ring (bicyclic) bond motifs is 7. The minimum atomic E-state index is 0.600. The van der Waals surface area contributed by atoms with Crippen LogP contribution in [-0.2, 0) is 0 Å². The second-order valence-corrected chi connectivity index (χ2v) is 12.2. The van der Waals surface area contributed by atoms with Crippen molar-refractivity contribution in [2.24, 2.45) is 0 Å². The molecule has 6 aromatic carbocycles. The maximum Gasteiger partial charge on any atom is 0.165 e. The van der Waals surface area contributed by atoms with Crippen LogP contribution in [-0.4, -0.2) is 29.3 Å². The lowest BCUT2D eigenvalue weighted by Gasteiger charge is -2.11. The van der Waals surface area contributed by atoms with Crippen molar-refractivity contribution >= 4 is 49.1 Å². The molecular formula is C43H26N6. The average Bonchev–Trinajstić information content (AvgIpc) is 3.56.